The zero-order valence-electron chi connectivity index (χ0n) is 14.8. The number of carbonyl (C=O) groups excluding carboxylic acids is 1. The number of nitrogens with zero attached hydrogens (tertiary/aromatic N) is 3. The van der Waals surface area contributed by atoms with Crippen molar-refractivity contribution in [2.45, 2.75) is 60.3 Å². The van der Waals surface area contributed by atoms with Crippen LogP contribution >= 0.6 is 0 Å². The Morgan fingerprint density at radius 2 is 1.83 bits per heavy atom. The Kier molecular flexibility index (Phi) is 7.78. The Morgan fingerprint density at radius 1 is 1.30 bits per heavy atom. The van der Waals surface area contributed by atoms with Crippen LogP contribution in [0.4, 0.5) is 0 Å². The summed E-state index contributed by atoms with van der Waals surface area (Å²) in [6.45, 7) is 10.1. The highest BCUT2D eigenvalue weighted by Crippen LogP contribution is 2.17. The van der Waals surface area contributed by atoms with Crippen molar-refractivity contribution in [2.75, 3.05) is 7.05 Å². The van der Waals surface area contributed by atoms with Crippen LogP contribution in [0.3, 0.4) is 0 Å². The van der Waals surface area contributed by atoms with Crippen LogP contribution in [0.1, 0.15) is 48.0 Å². The van der Waals surface area contributed by atoms with Crippen LogP contribution < -0.4 is 0 Å². The first-order valence-corrected chi connectivity index (χ1v) is 7.37. The second kappa shape index (κ2) is 8.54. The molecule has 0 aromatic heterocycles. The lowest BCUT2D eigenvalue weighted by atomic mass is 9.97. The third kappa shape index (κ3) is 7.66. The zero-order valence-corrected chi connectivity index (χ0v) is 14.8. The molecule has 0 saturated heterocycles. The first-order chi connectivity index (χ1) is 10.4. The molecule has 0 radical (unpaired) electrons. The maximum absolute atomic E-state index is 11.8. The summed E-state index contributed by atoms with van der Waals surface area (Å²) in [5.41, 5.74) is -0.711. The second-order valence-corrected chi connectivity index (χ2v) is 6.72. The number of esters is 1. The van der Waals surface area contributed by atoms with Gasteiger partial charge in [-0.3, -0.25) is 9.63 Å². The van der Waals surface area contributed by atoms with Crippen LogP contribution in [0, 0.1) is 16.5 Å². The van der Waals surface area contributed by atoms with E-state index in [2.05, 4.69) is 5.28 Å². The van der Waals surface area contributed by atoms with Crippen molar-refractivity contribution in [1.29, 1.82) is 0 Å². The monoisotopic (exact) mass is 333 g/mol. The van der Waals surface area contributed by atoms with E-state index in [0.717, 1.165) is 5.01 Å². The molecule has 0 aliphatic heterocycles. The van der Waals surface area contributed by atoms with E-state index in [9.17, 15) is 14.8 Å². The normalized spacial score (nSPS) is 15.0. The molecule has 0 spiro atoms. The van der Waals surface area contributed by atoms with Gasteiger partial charge < -0.3 is 15.1 Å². The molecule has 1 N–H and O–H groups in total. The van der Waals surface area contributed by atoms with Gasteiger partial charge in [0, 0.05) is 6.92 Å². The van der Waals surface area contributed by atoms with Gasteiger partial charge in [-0.1, -0.05) is 13.8 Å². The van der Waals surface area contributed by atoms with E-state index >= 15 is 0 Å². The lowest BCUT2D eigenvalue weighted by molar-refractivity contribution is -0.712. The van der Waals surface area contributed by atoms with E-state index in [1.807, 2.05) is 13.8 Å². The summed E-state index contributed by atoms with van der Waals surface area (Å²) in [6.07, 6.45) is -0.797. The predicted molar refractivity (Wildman–Crippen MR) is 80.8 cm³/mol. The van der Waals surface area contributed by atoms with Crippen molar-refractivity contribution >= 4 is 11.9 Å². The first-order valence-electron chi connectivity index (χ1n) is 7.37. The molecular formula is C14H27N3O6. The summed E-state index contributed by atoms with van der Waals surface area (Å²) in [5, 5.41) is 25.1. The third-order valence-electron chi connectivity index (χ3n) is 2.85. The number of hydrogen-bond donors (Lipinski definition) is 1. The molecule has 0 heterocycles. The Hall–Kier alpha value is -2.06. The Balaban J connectivity index is 4.74. The smallest absolute Gasteiger partial charge is 0.332 e. The lowest BCUT2D eigenvalue weighted by Gasteiger charge is -2.22. The van der Waals surface area contributed by atoms with Gasteiger partial charge in [0.2, 0.25) is 5.28 Å². The van der Waals surface area contributed by atoms with Gasteiger partial charge in [0.1, 0.15) is 0 Å². The van der Waals surface area contributed by atoms with Crippen LogP contribution in [-0.4, -0.2) is 46.4 Å². The minimum Gasteiger partial charge on any atom is -0.569 e. The lowest BCUT2D eigenvalue weighted by Crippen LogP contribution is -2.43. The van der Waals surface area contributed by atoms with Gasteiger partial charge in [0.15, 0.2) is 6.04 Å². The van der Waals surface area contributed by atoms with E-state index in [1.54, 1.807) is 20.8 Å². The summed E-state index contributed by atoms with van der Waals surface area (Å²) < 4.78 is 4.96. The molecule has 0 saturated carbocycles. The van der Waals surface area contributed by atoms with Gasteiger partial charge in [0.05, 0.1) is 17.4 Å². The van der Waals surface area contributed by atoms with Crippen molar-refractivity contribution in [2.24, 2.45) is 16.6 Å². The second-order valence-electron chi connectivity index (χ2n) is 6.72. The number of carboxylic acids is 1. The van der Waals surface area contributed by atoms with Crippen molar-refractivity contribution < 1.29 is 29.2 Å². The van der Waals surface area contributed by atoms with E-state index in [-0.39, 0.29) is 17.3 Å². The minimum atomic E-state index is -1.13. The fraction of sp³-hybridized carbons (Fsp3) is 0.857. The molecular weight excluding hydrogens is 306 g/mol. The number of hydrazine groups is 1. The summed E-state index contributed by atoms with van der Waals surface area (Å²) >= 11 is 0. The standard InChI is InChI=1S/C14H27N3O6/c1-9(2)8-11(12(18)19)16(7)17(21)15-23-10(3)22-13(20)14(4,5)6/h9-11H,8H2,1-7H3,(H,18,19)/b17-15-/t10?,11-/m0/s1. The summed E-state index contributed by atoms with van der Waals surface area (Å²) in [5.74, 6) is -1.56. The van der Waals surface area contributed by atoms with E-state index < -0.39 is 29.7 Å². The van der Waals surface area contributed by atoms with Crippen LogP contribution in [0.5, 0.6) is 0 Å². The number of ether oxygens (including phenoxy) is 1. The molecule has 0 aromatic rings. The largest absolute Gasteiger partial charge is 0.569 e. The minimum absolute atomic E-state index is 0.0303. The molecule has 0 aliphatic rings. The molecule has 1 unspecified atom stereocenters. The van der Waals surface area contributed by atoms with Gasteiger partial charge in [-0.05, 0) is 33.1 Å². The number of aliphatic carboxylic acids is 1. The van der Waals surface area contributed by atoms with Crippen molar-refractivity contribution in [3.63, 3.8) is 0 Å². The maximum atomic E-state index is 11.8. The zero-order chi connectivity index (χ0) is 18.4. The quantitative estimate of drug-likeness (QED) is 0.238. The molecule has 0 rings (SSSR count). The van der Waals surface area contributed by atoms with Gasteiger partial charge in [-0.15, -0.1) is 5.01 Å². The SMILES string of the molecule is CC(C)C[C@@H](C(=O)O)N(C)/[N+]([O-])=N/OC(C)OC(=O)C(C)(C)C. The Morgan fingerprint density at radius 3 is 2.22 bits per heavy atom. The van der Waals surface area contributed by atoms with Gasteiger partial charge in [-0.25, -0.2) is 4.79 Å². The molecule has 134 valence electrons. The third-order valence-corrected chi connectivity index (χ3v) is 2.85. The van der Waals surface area contributed by atoms with Crippen molar-refractivity contribution in [3.8, 4) is 0 Å². The number of carboxylic acid groups (broad SMARTS) is 1. The van der Waals surface area contributed by atoms with Crippen LogP contribution in [0.15, 0.2) is 5.28 Å². The molecule has 23 heavy (non-hydrogen) atoms. The average molecular weight is 333 g/mol. The van der Waals surface area contributed by atoms with Crippen LogP contribution in [0.25, 0.3) is 0 Å². The molecule has 9 heteroatoms. The highest BCUT2D eigenvalue weighted by Gasteiger charge is 2.30. The van der Waals surface area contributed by atoms with E-state index in [0.29, 0.717) is 0 Å². The number of likely N-dealkylation sites (N-methyl/N-ethyl adjacent to an activating group) is 1. The molecule has 0 bridgehead atoms. The van der Waals surface area contributed by atoms with Gasteiger partial charge in [0.25, 0.3) is 6.29 Å². The number of carbonyl (C=O) groups is 2. The average Bonchev–Trinajstić information content (AvgIpc) is 2.39. The maximum Gasteiger partial charge on any atom is 0.332 e. The van der Waals surface area contributed by atoms with Gasteiger partial charge >= 0.3 is 11.9 Å². The van der Waals surface area contributed by atoms with Crippen molar-refractivity contribution in [3.05, 3.63) is 5.21 Å². The molecule has 0 fully saturated rings. The van der Waals surface area contributed by atoms with Crippen molar-refractivity contribution in [1.82, 2.24) is 5.01 Å². The highest BCUT2D eigenvalue weighted by molar-refractivity contribution is 5.75. The molecule has 0 amide bonds. The Bertz CT molecular complexity index is 444. The highest BCUT2D eigenvalue weighted by atomic mass is 16.8. The van der Waals surface area contributed by atoms with E-state index in [4.69, 9.17) is 14.7 Å². The molecule has 9 nitrogen and oxygen atoms in total. The summed E-state index contributed by atoms with van der Waals surface area (Å²) in [7, 11) is 1.30. The fourth-order valence-corrected chi connectivity index (χ4v) is 1.49. The Labute approximate surface area is 136 Å². The fourth-order valence-electron chi connectivity index (χ4n) is 1.49. The molecule has 0 aliphatic carbocycles. The van der Waals surface area contributed by atoms with Crippen LogP contribution in [-0.2, 0) is 19.2 Å². The van der Waals surface area contributed by atoms with Crippen LogP contribution in [0.2, 0.25) is 0 Å². The molecule has 0 aromatic carbocycles. The predicted octanol–water partition coefficient (Wildman–Crippen LogP) is 2.16. The van der Waals surface area contributed by atoms with Gasteiger partial charge in [-0.2, -0.15) is 0 Å². The summed E-state index contributed by atoms with van der Waals surface area (Å²) in [6, 6.07) is -1.03. The topological polar surface area (TPSA) is 114 Å². The number of hydrogen-bond acceptors (Lipinski definition) is 6. The van der Waals surface area contributed by atoms with E-state index in [1.165, 1.54) is 14.0 Å². The first kappa shape index (κ1) is 20.9. The summed E-state index contributed by atoms with van der Waals surface area (Å²) in [4.78, 5) is 27.7. The molecule has 2 atom stereocenters. The number of rotatable bonds is 8.